The molecule has 8 heteroatoms. The molecule has 0 amide bonds. The minimum absolute atomic E-state index is 0.422. The number of ether oxygens (including phenoxy) is 1. The Bertz CT molecular complexity index is 913. The van der Waals surface area contributed by atoms with Crippen molar-refractivity contribution in [1.82, 2.24) is 9.97 Å². The van der Waals surface area contributed by atoms with Crippen molar-refractivity contribution >= 4 is 78.9 Å². The van der Waals surface area contributed by atoms with Gasteiger partial charge < -0.3 is 4.74 Å². The largest absolute Gasteiger partial charge is 0.494 e. The summed E-state index contributed by atoms with van der Waals surface area (Å²) in [6.07, 6.45) is 1.47. The quantitative estimate of drug-likeness (QED) is 0.296. The fraction of sp³-hybridized carbons (Fsp3) is 0.200. The Balaban J connectivity index is 2.48. The zero-order valence-electron chi connectivity index (χ0n) is 12.3. The van der Waals surface area contributed by atoms with Gasteiger partial charge in [0, 0.05) is 5.56 Å². The van der Waals surface area contributed by atoms with Crippen LogP contribution in [0.25, 0.3) is 21.3 Å². The molecule has 23 heavy (non-hydrogen) atoms. The summed E-state index contributed by atoms with van der Waals surface area (Å²) in [6, 6.07) is 0. The van der Waals surface area contributed by atoms with Crippen LogP contribution in [0.3, 0.4) is 0 Å². The first-order chi connectivity index (χ1) is 10.9. The monoisotopic (exact) mass is 498 g/mol. The van der Waals surface area contributed by atoms with Crippen LogP contribution in [0.2, 0.25) is 15.2 Å². The van der Waals surface area contributed by atoms with E-state index >= 15 is 0 Å². The van der Waals surface area contributed by atoms with Gasteiger partial charge in [-0.15, -0.1) is 11.3 Å². The van der Waals surface area contributed by atoms with Gasteiger partial charge in [-0.05, 0) is 53.1 Å². The van der Waals surface area contributed by atoms with E-state index in [9.17, 15) is 0 Å². The molecule has 0 bridgehead atoms. The molecule has 0 saturated carbocycles. The topological polar surface area (TPSA) is 35.0 Å². The van der Waals surface area contributed by atoms with Gasteiger partial charge in [0.1, 0.15) is 16.3 Å². The molecule has 1 aromatic carbocycles. The van der Waals surface area contributed by atoms with Gasteiger partial charge in [0.05, 0.1) is 25.4 Å². The molecule has 0 N–H and O–H groups in total. The summed E-state index contributed by atoms with van der Waals surface area (Å²) in [5.41, 5.74) is 3.71. The zero-order chi connectivity index (χ0) is 16.9. The van der Waals surface area contributed by atoms with E-state index in [2.05, 4.69) is 32.6 Å². The SMILES string of the molecule is COc1c(Cl)c(C)c(-c2c(I)sc3ncnc(Cl)c23)c(C)c1Cl. The predicted octanol–water partition coefficient (Wildman–Crippen LogP) is 6.55. The molecule has 0 spiro atoms. The number of thiophene rings is 1. The maximum absolute atomic E-state index is 6.46. The van der Waals surface area contributed by atoms with E-state index in [0.717, 1.165) is 35.4 Å². The summed E-state index contributed by atoms with van der Waals surface area (Å²) in [5.74, 6) is 0.490. The molecule has 0 fully saturated rings. The fourth-order valence-corrected chi connectivity index (χ4v) is 5.49. The Morgan fingerprint density at radius 1 is 1.04 bits per heavy atom. The minimum Gasteiger partial charge on any atom is -0.494 e. The normalized spacial score (nSPS) is 11.3. The average Bonchev–Trinajstić information content (AvgIpc) is 2.84. The number of benzene rings is 1. The molecule has 0 unspecified atom stereocenters. The summed E-state index contributed by atoms with van der Waals surface area (Å²) < 4.78 is 6.40. The highest BCUT2D eigenvalue weighted by Gasteiger charge is 2.25. The Morgan fingerprint density at radius 3 is 2.22 bits per heavy atom. The Kier molecular flexibility index (Phi) is 4.95. The maximum atomic E-state index is 6.46. The van der Waals surface area contributed by atoms with Crippen molar-refractivity contribution in [1.29, 1.82) is 0 Å². The van der Waals surface area contributed by atoms with Crippen LogP contribution in [0.4, 0.5) is 0 Å². The maximum Gasteiger partial charge on any atom is 0.156 e. The Morgan fingerprint density at radius 2 is 1.65 bits per heavy atom. The minimum atomic E-state index is 0.422. The highest BCUT2D eigenvalue weighted by atomic mass is 127. The number of halogens is 4. The molecule has 0 saturated heterocycles. The van der Waals surface area contributed by atoms with Crippen molar-refractivity contribution in [2.45, 2.75) is 13.8 Å². The van der Waals surface area contributed by atoms with Crippen LogP contribution in [0.15, 0.2) is 6.33 Å². The van der Waals surface area contributed by atoms with Crippen molar-refractivity contribution in [3.05, 3.63) is 35.5 Å². The smallest absolute Gasteiger partial charge is 0.156 e. The van der Waals surface area contributed by atoms with Gasteiger partial charge in [0.2, 0.25) is 0 Å². The molecule has 3 nitrogen and oxygen atoms in total. The first-order valence-electron chi connectivity index (χ1n) is 6.49. The van der Waals surface area contributed by atoms with E-state index in [1.165, 1.54) is 6.33 Å². The average molecular weight is 500 g/mol. The zero-order valence-corrected chi connectivity index (χ0v) is 17.5. The van der Waals surface area contributed by atoms with E-state index in [1.54, 1.807) is 18.4 Å². The van der Waals surface area contributed by atoms with Crippen molar-refractivity contribution in [2.24, 2.45) is 0 Å². The summed E-state index contributed by atoms with van der Waals surface area (Å²) >= 11 is 23.1. The molecule has 0 atom stereocenters. The van der Waals surface area contributed by atoms with E-state index in [0.29, 0.717) is 20.9 Å². The van der Waals surface area contributed by atoms with E-state index in [-0.39, 0.29) is 0 Å². The second kappa shape index (κ2) is 6.52. The van der Waals surface area contributed by atoms with Crippen LogP contribution in [0, 0.1) is 16.7 Å². The van der Waals surface area contributed by atoms with Crippen LogP contribution in [-0.2, 0) is 0 Å². The van der Waals surface area contributed by atoms with Gasteiger partial charge in [0.15, 0.2) is 5.75 Å². The van der Waals surface area contributed by atoms with E-state index < -0.39 is 0 Å². The van der Waals surface area contributed by atoms with Crippen molar-refractivity contribution < 1.29 is 4.74 Å². The molecule has 2 aromatic heterocycles. The predicted molar refractivity (Wildman–Crippen MR) is 107 cm³/mol. The van der Waals surface area contributed by atoms with Gasteiger partial charge in [-0.1, -0.05) is 34.8 Å². The van der Waals surface area contributed by atoms with Crippen LogP contribution in [0.1, 0.15) is 11.1 Å². The van der Waals surface area contributed by atoms with Crippen LogP contribution in [0.5, 0.6) is 5.75 Å². The third-order valence-corrected chi connectivity index (χ3v) is 6.94. The summed E-state index contributed by atoms with van der Waals surface area (Å²) in [7, 11) is 1.56. The van der Waals surface area contributed by atoms with Gasteiger partial charge in [-0.2, -0.15) is 0 Å². The van der Waals surface area contributed by atoms with Crippen molar-refractivity contribution in [2.75, 3.05) is 7.11 Å². The molecular weight excluding hydrogens is 490 g/mol. The lowest BCUT2D eigenvalue weighted by molar-refractivity contribution is 0.414. The van der Waals surface area contributed by atoms with Gasteiger partial charge in [-0.3, -0.25) is 0 Å². The first-order valence-corrected chi connectivity index (χ1v) is 9.52. The number of fused-ring (bicyclic) bond motifs is 1. The summed E-state index contributed by atoms with van der Waals surface area (Å²) in [4.78, 5) is 9.27. The molecule has 0 aliphatic heterocycles. The van der Waals surface area contributed by atoms with Crippen LogP contribution >= 0.6 is 68.7 Å². The second-order valence-electron chi connectivity index (χ2n) is 4.88. The van der Waals surface area contributed by atoms with Crippen molar-refractivity contribution in [3.8, 4) is 16.9 Å². The molecule has 2 heterocycles. The number of hydrogen-bond acceptors (Lipinski definition) is 4. The van der Waals surface area contributed by atoms with E-state index in [1.807, 2.05) is 13.8 Å². The Labute approximate surface area is 166 Å². The highest BCUT2D eigenvalue weighted by Crippen LogP contribution is 2.49. The molecule has 120 valence electrons. The van der Waals surface area contributed by atoms with Gasteiger partial charge >= 0.3 is 0 Å². The first kappa shape index (κ1) is 17.5. The van der Waals surface area contributed by atoms with Crippen molar-refractivity contribution in [3.63, 3.8) is 0 Å². The summed E-state index contributed by atoms with van der Waals surface area (Å²) in [6.45, 7) is 3.89. The molecular formula is C15H10Cl3IN2OS. The van der Waals surface area contributed by atoms with Gasteiger partial charge in [-0.25, -0.2) is 9.97 Å². The lowest BCUT2D eigenvalue weighted by Crippen LogP contribution is -1.97. The molecule has 0 aliphatic rings. The molecule has 3 rings (SSSR count). The third-order valence-electron chi connectivity index (χ3n) is 3.66. The Hall–Kier alpha value is -0.340. The second-order valence-corrected chi connectivity index (χ2v) is 8.81. The summed E-state index contributed by atoms with van der Waals surface area (Å²) in [5, 5.41) is 2.25. The number of rotatable bonds is 2. The lowest BCUT2D eigenvalue weighted by Gasteiger charge is -2.17. The van der Waals surface area contributed by atoms with E-state index in [4.69, 9.17) is 39.5 Å². The number of methoxy groups -OCH3 is 1. The standard InChI is InChI=1S/C15H10Cl3IN2OS/c1-5-7(6(2)11(17)12(22-3)10(5)16)8-9-13(18)20-4-21-15(9)23-14(8)19/h4H,1-3H3. The third kappa shape index (κ3) is 2.70. The number of hydrogen-bond donors (Lipinski definition) is 0. The number of nitrogens with zero attached hydrogens (tertiary/aromatic N) is 2. The van der Waals surface area contributed by atoms with Gasteiger partial charge in [0.25, 0.3) is 0 Å². The molecule has 0 aliphatic carbocycles. The molecule has 3 aromatic rings. The lowest BCUT2D eigenvalue weighted by atomic mass is 9.95. The van der Waals surface area contributed by atoms with Crippen LogP contribution in [-0.4, -0.2) is 17.1 Å². The molecule has 0 radical (unpaired) electrons. The highest BCUT2D eigenvalue weighted by molar-refractivity contribution is 14.1. The fourth-order valence-electron chi connectivity index (χ4n) is 2.59. The van der Waals surface area contributed by atoms with Crippen LogP contribution < -0.4 is 4.74 Å². The number of aromatic nitrogens is 2.